The number of thiazole rings is 1. The van der Waals surface area contributed by atoms with Gasteiger partial charge in [-0.1, -0.05) is 18.2 Å². The minimum atomic E-state index is -0.103. The Morgan fingerprint density at radius 1 is 1.47 bits per heavy atom. The van der Waals surface area contributed by atoms with E-state index in [0.717, 1.165) is 30.0 Å². The maximum atomic E-state index is 5.69. The molecule has 0 bridgehead atoms. The number of hydrazine groups is 1. The minimum Gasteiger partial charge on any atom is -0.493 e. The highest BCUT2D eigenvalue weighted by Crippen LogP contribution is 2.35. The average Bonchev–Trinajstić information content (AvgIpc) is 3.00. The first-order valence-corrected chi connectivity index (χ1v) is 6.43. The molecule has 0 amide bonds. The molecule has 0 fully saturated rings. The summed E-state index contributed by atoms with van der Waals surface area (Å²) in [6.45, 7) is 0.751. The fourth-order valence-corrected chi connectivity index (χ4v) is 2.75. The molecule has 1 unspecified atom stereocenters. The van der Waals surface area contributed by atoms with Gasteiger partial charge in [0, 0.05) is 17.4 Å². The Labute approximate surface area is 103 Å². The predicted molar refractivity (Wildman–Crippen MR) is 66.9 cm³/mol. The largest absolute Gasteiger partial charge is 0.493 e. The van der Waals surface area contributed by atoms with Crippen molar-refractivity contribution in [1.29, 1.82) is 0 Å². The van der Waals surface area contributed by atoms with Gasteiger partial charge in [0.25, 0.3) is 0 Å². The summed E-state index contributed by atoms with van der Waals surface area (Å²) in [7, 11) is 0. The first-order valence-electron chi connectivity index (χ1n) is 5.49. The molecule has 1 aromatic heterocycles. The molecule has 3 N–H and O–H groups in total. The van der Waals surface area contributed by atoms with Crippen molar-refractivity contribution in [2.75, 3.05) is 6.61 Å². The molecule has 1 atom stereocenters. The summed E-state index contributed by atoms with van der Waals surface area (Å²) in [5.41, 5.74) is 7.87. The van der Waals surface area contributed by atoms with Gasteiger partial charge in [-0.2, -0.15) is 0 Å². The number of benzene rings is 1. The lowest BCUT2D eigenvalue weighted by Crippen LogP contribution is -2.29. The van der Waals surface area contributed by atoms with Gasteiger partial charge in [0.15, 0.2) is 0 Å². The fourth-order valence-electron chi connectivity index (χ4n) is 2.17. The summed E-state index contributed by atoms with van der Waals surface area (Å²) in [6.07, 6.45) is 0.970. The number of ether oxygens (including phenoxy) is 1. The smallest absolute Gasteiger partial charge is 0.127 e. The summed E-state index contributed by atoms with van der Waals surface area (Å²) in [5.74, 6) is 6.61. The van der Waals surface area contributed by atoms with Gasteiger partial charge in [0.2, 0.25) is 0 Å². The molecule has 1 aliphatic rings. The number of rotatable bonds is 3. The van der Waals surface area contributed by atoms with Crippen LogP contribution in [0.1, 0.15) is 22.9 Å². The van der Waals surface area contributed by atoms with E-state index >= 15 is 0 Å². The highest BCUT2D eigenvalue weighted by atomic mass is 32.1. The van der Waals surface area contributed by atoms with Crippen LogP contribution in [0.5, 0.6) is 5.75 Å². The van der Waals surface area contributed by atoms with Gasteiger partial charge >= 0.3 is 0 Å². The lowest BCUT2D eigenvalue weighted by molar-refractivity contribution is 0.350. The molecule has 1 aromatic carbocycles. The van der Waals surface area contributed by atoms with E-state index in [1.807, 2.05) is 23.0 Å². The summed E-state index contributed by atoms with van der Waals surface area (Å²) in [5, 5.41) is 2.00. The summed E-state index contributed by atoms with van der Waals surface area (Å²) >= 11 is 1.56. The highest BCUT2D eigenvalue weighted by Gasteiger charge is 2.23. The average molecular weight is 247 g/mol. The lowest BCUT2D eigenvalue weighted by Gasteiger charge is -2.17. The molecule has 1 aliphatic heterocycles. The monoisotopic (exact) mass is 247 g/mol. The molecule has 0 aliphatic carbocycles. The van der Waals surface area contributed by atoms with Crippen molar-refractivity contribution < 1.29 is 4.74 Å². The topological polar surface area (TPSA) is 60.2 Å². The number of aromatic nitrogens is 1. The minimum absolute atomic E-state index is 0.103. The maximum Gasteiger partial charge on any atom is 0.127 e. The van der Waals surface area contributed by atoms with Crippen LogP contribution in [0.3, 0.4) is 0 Å². The van der Waals surface area contributed by atoms with Crippen molar-refractivity contribution in [3.63, 3.8) is 0 Å². The standard InChI is InChI=1S/C12H13N3OS/c13-15-11(10-6-17-7-14-10)9-3-1-2-8-4-5-16-12(8)9/h1-3,6-7,11,15H,4-5,13H2. The first-order chi connectivity index (χ1) is 8.40. The number of nitrogens with two attached hydrogens (primary N) is 1. The van der Waals surface area contributed by atoms with Crippen LogP contribution in [-0.4, -0.2) is 11.6 Å². The number of nitrogens with one attached hydrogen (secondary N) is 1. The number of hydrogen-bond donors (Lipinski definition) is 2. The van der Waals surface area contributed by atoms with Crippen molar-refractivity contribution >= 4 is 11.3 Å². The van der Waals surface area contributed by atoms with Gasteiger partial charge < -0.3 is 4.74 Å². The summed E-state index contributed by atoms with van der Waals surface area (Å²) in [4.78, 5) is 4.31. The first kappa shape index (κ1) is 10.7. The Hall–Kier alpha value is -1.43. The van der Waals surface area contributed by atoms with E-state index in [-0.39, 0.29) is 6.04 Å². The molecule has 5 heteroatoms. The van der Waals surface area contributed by atoms with Crippen molar-refractivity contribution in [2.24, 2.45) is 5.84 Å². The van der Waals surface area contributed by atoms with E-state index in [0.29, 0.717) is 0 Å². The van der Waals surface area contributed by atoms with Gasteiger partial charge in [-0.3, -0.25) is 5.84 Å². The van der Waals surface area contributed by atoms with Crippen LogP contribution >= 0.6 is 11.3 Å². The lowest BCUT2D eigenvalue weighted by atomic mass is 10.0. The number of fused-ring (bicyclic) bond motifs is 1. The second-order valence-corrected chi connectivity index (χ2v) is 4.67. The molecule has 3 rings (SSSR count). The third kappa shape index (κ3) is 1.82. The Balaban J connectivity index is 2.06. The quantitative estimate of drug-likeness (QED) is 0.639. The molecule has 2 heterocycles. The second-order valence-electron chi connectivity index (χ2n) is 3.95. The van der Waals surface area contributed by atoms with Crippen LogP contribution in [0.15, 0.2) is 29.1 Å². The van der Waals surface area contributed by atoms with Crippen molar-refractivity contribution in [1.82, 2.24) is 10.4 Å². The zero-order valence-corrected chi connectivity index (χ0v) is 10.0. The van der Waals surface area contributed by atoms with Gasteiger partial charge in [-0.15, -0.1) is 11.3 Å². The number of para-hydroxylation sites is 1. The normalized spacial score (nSPS) is 15.4. The predicted octanol–water partition coefficient (Wildman–Crippen LogP) is 1.63. The zero-order valence-electron chi connectivity index (χ0n) is 9.22. The van der Waals surface area contributed by atoms with Gasteiger partial charge in [0.05, 0.1) is 23.9 Å². The van der Waals surface area contributed by atoms with Crippen molar-refractivity contribution in [3.8, 4) is 5.75 Å². The summed E-state index contributed by atoms with van der Waals surface area (Å²) < 4.78 is 5.69. The number of nitrogens with zero attached hydrogens (tertiary/aromatic N) is 1. The molecular weight excluding hydrogens is 234 g/mol. The Morgan fingerprint density at radius 2 is 2.41 bits per heavy atom. The Bertz CT molecular complexity index is 512. The van der Waals surface area contributed by atoms with E-state index in [2.05, 4.69) is 16.5 Å². The molecule has 0 saturated heterocycles. The van der Waals surface area contributed by atoms with Gasteiger partial charge in [-0.05, 0) is 5.56 Å². The molecule has 0 radical (unpaired) electrons. The van der Waals surface area contributed by atoms with Crippen LogP contribution in [0.2, 0.25) is 0 Å². The highest BCUT2D eigenvalue weighted by molar-refractivity contribution is 7.07. The van der Waals surface area contributed by atoms with Gasteiger partial charge in [0.1, 0.15) is 5.75 Å². The van der Waals surface area contributed by atoms with E-state index in [9.17, 15) is 0 Å². The van der Waals surface area contributed by atoms with Gasteiger partial charge in [-0.25, -0.2) is 10.4 Å². The van der Waals surface area contributed by atoms with Crippen LogP contribution in [0, 0.1) is 0 Å². The van der Waals surface area contributed by atoms with Crippen LogP contribution < -0.4 is 16.0 Å². The Kier molecular flexibility index (Phi) is 2.80. The number of hydrogen-bond acceptors (Lipinski definition) is 5. The molecule has 0 saturated carbocycles. The second kappa shape index (κ2) is 4.44. The molecule has 4 nitrogen and oxygen atoms in total. The third-order valence-corrected chi connectivity index (χ3v) is 3.57. The van der Waals surface area contributed by atoms with E-state index in [1.165, 1.54) is 5.56 Å². The maximum absolute atomic E-state index is 5.69. The molecule has 2 aromatic rings. The van der Waals surface area contributed by atoms with E-state index < -0.39 is 0 Å². The van der Waals surface area contributed by atoms with Crippen LogP contribution in [0.25, 0.3) is 0 Å². The fraction of sp³-hybridized carbons (Fsp3) is 0.250. The molecule has 17 heavy (non-hydrogen) atoms. The van der Waals surface area contributed by atoms with Crippen LogP contribution in [0.4, 0.5) is 0 Å². The SMILES string of the molecule is NNC(c1cscn1)c1cccc2c1OCC2. The van der Waals surface area contributed by atoms with E-state index in [4.69, 9.17) is 10.6 Å². The Morgan fingerprint density at radius 3 is 3.18 bits per heavy atom. The van der Waals surface area contributed by atoms with Crippen molar-refractivity contribution in [3.05, 3.63) is 45.9 Å². The molecule has 0 spiro atoms. The van der Waals surface area contributed by atoms with Crippen molar-refractivity contribution in [2.45, 2.75) is 12.5 Å². The molecular formula is C12H13N3OS. The zero-order chi connectivity index (χ0) is 11.7. The van der Waals surface area contributed by atoms with E-state index in [1.54, 1.807) is 11.3 Å². The van der Waals surface area contributed by atoms with Crippen LogP contribution in [-0.2, 0) is 6.42 Å². The third-order valence-electron chi connectivity index (χ3n) is 2.97. The summed E-state index contributed by atoms with van der Waals surface area (Å²) in [6, 6.07) is 6.07. The molecule has 88 valence electrons.